The minimum Gasteiger partial charge on any atom is -0.494 e. The lowest BCUT2D eigenvalue weighted by Gasteiger charge is -2.13. The molecule has 1 heterocycles. The summed E-state index contributed by atoms with van der Waals surface area (Å²) >= 11 is 6.29. The van der Waals surface area contributed by atoms with Crippen LogP contribution in [0.25, 0.3) is 11.3 Å². The molecule has 3 rings (SSSR count). The first kappa shape index (κ1) is 21.8. The molecule has 1 N–H and O–H groups in total. The van der Waals surface area contributed by atoms with Gasteiger partial charge in [-0.1, -0.05) is 23.7 Å². The van der Waals surface area contributed by atoms with Gasteiger partial charge in [0.2, 0.25) is 0 Å². The van der Waals surface area contributed by atoms with Gasteiger partial charge in [0, 0.05) is 34.8 Å². The van der Waals surface area contributed by atoms with E-state index in [1.165, 1.54) is 0 Å². The van der Waals surface area contributed by atoms with Gasteiger partial charge in [0.15, 0.2) is 9.84 Å². The number of amides is 1. The summed E-state index contributed by atoms with van der Waals surface area (Å²) in [6, 6.07) is 15.4. The highest BCUT2D eigenvalue weighted by molar-refractivity contribution is 7.89. The second kappa shape index (κ2) is 9.28. The molecule has 156 valence electrons. The van der Waals surface area contributed by atoms with Gasteiger partial charge >= 0.3 is 0 Å². The summed E-state index contributed by atoms with van der Waals surface area (Å²) < 4.78 is 28.8. The molecular weight excluding hydrogens is 424 g/mol. The predicted octanol–water partition coefficient (Wildman–Crippen LogP) is 4.60. The molecule has 6 nitrogen and oxygen atoms in total. The average molecular weight is 445 g/mol. The van der Waals surface area contributed by atoms with Crippen molar-refractivity contribution in [2.24, 2.45) is 0 Å². The second-order valence-corrected chi connectivity index (χ2v) is 9.24. The van der Waals surface area contributed by atoms with Crippen LogP contribution in [0.2, 0.25) is 5.02 Å². The topological polar surface area (TPSA) is 85.4 Å². The van der Waals surface area contributed by atoms with E-state index in [0.717, 1.165) is 6.26 Å². The fourth-order valence-corrected chi connectivity index (χ4v) is 3.93. The number of pyridine rings is 1. The van der Waals surface area contributed by atoms with E-state index < -0.39 is 9.84 Å². The van der Waals surface area contributed by atoms with Crippen molar-refractivity contribution >= 4 is 33.0 Å². The largest absolute Gasteiger partial charge is 0.494 e. The Morgan fingerprint density at radius 1 is 1.13 bits per heavy atom. The van der Waals surface area contributed by atoms with Crippen molar-refractivity contribution in [3.8, 4) is 17.0 Å². The van der Waals surface area contributed by atoms with E-state index in [1.54, 1.807) is 49.5 Å². The SMILES string of the molecule is CCOc1cc(C(=O)Nc2ccc(Cl)c(-c3ccccn3)c2)ccc1CS(C)(=O)=O. The molecule has 0 spiro atoms. The number of hydrogen-bond donors (Lipinski definition) is 1. The summed E-state index contributed by atoms with van der Waals surface area (Å²) in [5.41, 5.74) is 2.82. The van der Waals surface area contributed by atoms with Gasteiger partial charge in [0.25, 0.3) is 5.91 Å². The number of hydrogen-bond acceptors (Lipinski definition) is 5. The summed E-state index contributed by atoms with van der Waals surface area (Å²) in [5.74, 6) is -0.133. The number of benzene rings is 2. The van der Waals surface area contributed by atoms with Gasteiger partial charge in [-0.2, -0.15) is 0 Å². The summed E-state index contributed by atoms with van der Waals surface area (Å²) in [5, 5.41) is 3.36. The van der Waals surface area contributed by atoms with Crippen molar-refractivity contribution in [3.63, 3.8) is 0 Å². The number of rotatable bonds is 7. The van der Waals surface area contributed by atoms with Crippen molar-refractivity contribution in [1.82, 2.24) is 4.98 Å². The highest BCUT2D eigenvalue weighted by Gasteiger charge is 2.15. The lowest BCUT2D eigenvalue weighted by molar-refractivity contribution is 0.102. The Balaban J connectivity index is 1.86. The van der Waals surface area contributed by atoms with Gasteiger partial charge in [-0.05, 0) is 49.4 Å². The Bertz CT molecular complexity index is 1170. The molecule has 1 aromatic heterocycles. The smallest absolute Gasteiger partial charge is 0.255 e. The van der Waals surface area contributed by atoms with Crippen LogP contribution in [-0.2, 0) is 15.6 Å². The van der Waals surface area contributed by atoms with Crippen molar-refractivity contribution < 1.29 is 17.9 Å². The zero-order chi connectivity index (χ0) is 21.7. The van der Waals surface area contributed by atoms with Crippen LogP contribution in [0.15, 0.2) is 60.8 Å². The summed E-state index contributed by atoms with van der Waals surface area (Å²) in [6.45, 7) is 2.15. The van der Waals surface area contributed by atoms with Crippen LogP contribution in [-0.4, -0.2) is 32.2 Å². The van der Waals surface area contributed by atoms with E-state index in [1.807, 2.05) is 18.2 Å². The van der Waals surface area contributed by atoms with Gasteiger partial charge in [-0.15, -0.1) is 0 Å². The van der Waals surface area contributed by atoms with Gasteiger partial charge in [0.05, 0.1) is 23.1 Å². The third-order valence-corrected chi connectivity index (χ3v) is 5.38. The molecule has 8 heteroatoms. The molecule has 30 heavy (non-hydrogen) atoms. The molecule has 0 aliphatic carbocycles. The number of sulfone groups is 1. The Labute approximate surface area is 180 Å². The maximum Gasteiger partial charge on any atom is 0.255 e. The predicted molar refractivity (Wildman–Crippen MR) is 119 cm³/mol. The maximum absolute atomic E-state index is 12.8. The standard InChI is InChI=1S/C22H21ClN2O4S/c1-3-29-21-12-15(7-8-16(21)14-30(2,27)28)22(26)25-17-9-10-19(23)18(13-17)20-6-4-5-11-24-20/h4-13H,3,14H2,1-2H3,(H,25,26). The Morgan fingerprint density at radius 2 is 1.93 bits per heavy atom. The fourth-order valence-electron chi connectivity index (χ4n) is 2.91. The van der Waals surface area contributed by atoms with E-state index in [9.17, 15) is 13.2 Å². The zero-order valence-electron chi connectivity index (χ0n) is 16.6. The molecule has 0 atom stereocenters. The minimum atomic E-state index is -3.23. The van der Waals surface area contributed by atoms with Crippen LogP contribution in [0.3, 0.4) is 0 Å². The highest BCUT2D eigenvalue weighted by Crippen LogP contribution is 2.30. The minimum absolute atomic E-state index is 0.158. The average Bonchev–Trinajstić information content (AvgIpc) is 2.70. The van der Waals surface area contributed by atoms with Crippen LogP contribution >= 0.6 is 11.6 Å². The van der Waals surface area contributed by atoms with Crippen LogP contribution in [0.4, 0.5) is 5.69 Å². The third-order valence-electron chi connectivity index (χ3n) is 4.21. The van der Waals surface area contributed by atoms with Crippen molar-refractivity contribution in [3.05, 3.63) is 76.9 Å². The van der Waals surface area contributed by atoms with Crippen molar-refractivity contribution in [1.29, 1.82) is 0 Å². The molecule has 0 aliphatic heterocycles. The van der Waals surface area contributed by atoms with E-state index >= 15 is 0 Å². The van der Waals surface area contributed by atoms with E-state index in [0.29, 0.717) is 45.5 Å². The van der Waals surface area contributed by atoms with Gasteiger partial charge in [0.1, 0.15) is 5.75 Å². The second-order valence-electron chi connectivity index (χ2n) is 6.69. The maximum atomic E-state index is 12.8. The quantitative estimate of drug-likeness (QED) is 0.575. The molecule has 0 aliphatic rings. The number of carbonyl (C=O) groups is 1. The van der Waals surface area contributed by atoms with Gasteiger partial charge < -0.3 is 10.1 Å². The lowest BCUT2D eigenvalue weighted by Crippen LogP contribution is -2.13. The van der Waals surface area contributed by atoms with Crippen LogP contribution in [0.5, 0.6) is 5.75 Å². The Kier molecular flexibility index (Phi) is 6.74. The number of nitrogens with zero attached hydrogens (tertiary/aromatic N) is 1. The normalized spacial score (nSPS) is 11.2. The molecule has 3 aromatic rings. The van der Waals surface area contributed by atoms with Crippen molar-refractivity contribution in [2.75, 3.05) is 18.2 Å². The lowest BCUT2D eigenvalue weighted by atomic mass is 10.1. The van der Waals surface area contributed by atoms with Gasteiger partial charge in [-0.25, -0.2) is 8.42 Å². The van der Waals surface area contributed by atoms with E-state index in [2.05, 4.69) is 10.3 Å². The number of halogens is 1. The molecule has 0 bridgehead atoms. The highest BCUT2D eigenvalue weighted by atomic mass is 35.5. The summed E-state index contributed by atoms with van der Waals surface area (Å²) in [4.78, 5) is 17.1. The molecule has 0 radical (unpaired) electrons. The van der Waals surface area contributed by atoms with E-state index in [4.69, 9.17) is 16.3 Å². The van der Waals surface area contributed by atoms with Crippen molar-refractivity contribution in [2.45, 2.75) is 12.7 Å². The number of carbonyl (C=O) groups excluding carboxylic acids is 1. The molecule has 0 saturated heterocycles. The van der Waals surface area contributed by atoms with Crippen LogP contribution in [0, 0.1) is 0 Å². The third kappa shape index (κ3) is 5.58. The zero-order valence-corrected chi connectivity index (χ0v) is 18.1. The number of ether oxygens (including phenoxy) is 1. The van der Waals surface area contributed by atoms with Gasteiger partial charge in [-0.3, -0.25) is 9.78 Å². The van der Waals surface area contributed by atoms with Crippen LogP contribution < -0.4 is 10.1 Å². The molecule has 1 amide bonds. The Hall–Kier alpha value is -2.90. The first-order valence-electron chi connectivity index (χ1n) is 9.22. The monoisotopic (exact) mass is 444 g/mol. The van der Waals surface area contributed by atoms with E-state index in [-0.39, 0.29) is 11.7 Å². The molecule has 2 aromatic carbocycles. The van der Waals surface area contributed by atoms with Crippen LogP contribution in [0.1, 0.15) is 22.8 Å². The molecule has 0 unspecified atom stereocenters. The number of anilines is 1. The molecular formula is C22H21ClN2O4S. The summed E-state index contributed by atoms with van der Waals surface area (Å²) in [7, 11) is -3.23. The number of nitrogens with one attached hydrogen (secondary N) is 1. The number of aromatic nitrogens is 1. The molecule has 0 fully saturated rings. The Morgan fingerprint density at radius 3 is 2.60 bits per heavy atom. The first-order chi connectivity index (χ1) is 14.3. The molecule has 0 saturated carbocycles. The fraction of sp³-hybridized carbons (Fsp3) is 0.182. The first-order valence-corrected chi connectivity index (χ1v) is 11.7. The summed E-state index contributed by atoms with van der Waals surface area (Å²) in [6.07, 6.45) is 2.83.